The van der Waals surface area contributed by atoms with Gasteiger partial charge < -0.3 is 15.1 Å². The van der Waals surface area contributed by atoms with Gasteiger partial charge in [0, 0.05) is 13.6 Å². The number of nitrogens with zero attached hydrogens (tertiary/aromatic N) is 1. The van der Waals surface area contributed by atoms with Gasteiger partial charge >= 0.3 is 5.97 Å². The molecule has 0 aliphatic rings. The van der Waals surface area contributed by atoms with Crippen LogP contribution in [0.15, 0.2) is 18.2 Å². The molecule has 0 aliphatic carbocycles. The van der Waals surface area contributed by atoms with Gasteiger partial charge in [-0.05, 0) is 38.0 Å². The molecule has 0 saturated carbocycles. The number of carboxylic acids is 1. The smallest absolute Gasteiger partial charge is 0.337 e. The molecule has 0 saturated heterocycles. The summed E-state index contributed by atoms with van der Waals surface area (Å²) in [5.41, 5.74) is 2.01. The van der Waals surface area contributed by atoms with Gasteiger partial charge in [-0.2, -0.15) is 0 Å². The van der Waals surface area contributed by atoms with Crippen LogP contribution in [0, 0.1) is 6.92 Å². The van der Waals surface area contributed by atoms with Crippen LogP contribution in [0.25, 0.3) is 0 Å². The lowest BCUT2D eigenvalue weighted by Gasteiger charge is -2.22. The van der Waals surface area contributed by atoms with Crippen molar-refractivity contribution in [2.45, 2.75) is 26.4 Å². The molecule has 0 heterocycles. The van der Waals surface area contributed by atoms with Gasteiger partial charge in [-0.15, -0.1) is 0 Å². The standard InChI is InChI=1S/C13H19NO3/c1-9-4-5-11(13(16)17)12(8-9)14(3)7-6-10(2)15/h4-5,8,10,15H,6-7H2,1-3H3,(H,16,17). The van der Waals surface area contributed by atoms with E-state index in [9.17, 15) is 9.90 Å². The molecule has 0 aromatic heterocycles. The average molecular weight is 237 g/mol. The van der Waals surface area contributed by atoms with Crippen LogP contribution in [0.2, 0.25) is 0 Å². The summed E-state index contributed by atoms with van der Waals surface area (Å²) in [6, 6.07) is 5.26. The van der Waals surface area contributed by atoms with E-state index < -0.39 is 5.97 Å². The number of aliphatic hydroxyl groups is 1. The fourth-order valence-corrected chi connectivity index (χ4v) is 1.64. The second-order valence-electron chi connectivity index (χ2n) is 4.39. The van der Waals surface area contributed by atoms with Crippen molar-refractivity contribution in [1.29, 1.82) is 0 Å². The Bertz CT molecular complexity index is 402. The SMILES string of the molecule is Cc1ccc(C(=O)O)c(N(C)CCC(C)O)c1. The van der Waals surface area contributed by atoms with E-state index in [2.05, 4.69) is 0 Å². The fraction of sp³-hybridized carbons (Fsp3) is 0.462. The molecule has 4 heteroatoms. The number of carbonyl (C=O) groups is 1. The third kappa shape index (κ3) is 3.75. The minimum absolute atomic E-state index is 0.295. The lowest BCUT2D eigenvalue weighted by atomic mass is 10.1. The molecule has 0 fully saturated rings. The maximum absolute atomic E-state index is 11.1. The first-order chi connectivity index (χ1) is 7.91. The number of aryl methyl sites for hydroxylation is 1. The highest BCUT2D eigenvalue weighted by Crippen LogP contribution is 2.21. The molecule has 1 aromatic rings. The zero-order valence-electron chi connectivity index (χ0n) is 10.5. The van der Waals surface area contributed by atoms with Crippen LogP contribution in [-0.4, -0.2) is 35.9 Å². The van der Waals surface area contributed by atoms with Crippen LogP contribution in [-0.2, 0) is 0 Å². The second kappa shape index (κ2) is 5.68. The summed E-state index contributed by atoms with van der Waals surface area (Å²) in [5, 5.41) is 18.3. The quantitative estimate of drug-likeness (QED) is 0.821. The van der Waals surface area contributed by atoms with Crippen molar-refractivity contribution in [2.24, 2.45) is 0 Å². The van der Waals surface area contributed by atoms with E-state index >= 15 is 0 Å². The summed E-state index contributed by atoms with van der Waals surface area (Å²) in [7, 11) is 1.84. The number of hydrogen-bond donors (Lipinski definition) is 2. The highest BCUT2D eigenvalue weighted by atomic mass is 16.4. The predicted molar refractivity (Wildman–Crippen MR) is 67.7 cm³/mol. The summed E-state index contributed by atoms with van der Waals surface area (Å²) in [6.45, 7) is 4.28. The van der Waals surface area contributed by atoms with E-state index in [0.29, 0.717) is 24.2 Å². The van der Waals surface area contributed by atoms with E-state index in [1.165, 1.54) is 0 Å². The zero-order valence-corrected chi connectivity index (χ0v) is 10.5. The van der Waals surface area contributed by atoms with Gasteiger partial charge in [-0.1, -0.05) is 6.07 Å². The van der Waals surface area contributed by atoms with Crippen LogP contribution >= 0.6 is 0 Å². The number of rotatable bonds is 5. The molecule has 1 atom stereocenters. The Hall–Kier alpha value is -1.55. The maximum Gasteiger partial charge on any atom is 0.337 e. The molecule has 1 aromatic carbocycles. The van der Waals surface area contributed by atoms with E-state index in [-0.39, 0.29) is 6.10 Å². The number of hydrogen-bond acceptors (Lipinski definition) is 3. The Morgan fingerprint density at radius 1 is 1.47 bits per heavy atom. The van der Waals surface area contributed by atoms with Crippen LogP contribution in [0.5, 0.6) is 0 Å². The number of aromatic carboxylic acids is 1. The van der Waals surface area contributed by atoms with E-state index in [1.807, 2.05) is 24.9 Å². The Morgan fingerprint density at radius 3 is 2.65 bits per heavy atom. The molecule has 1 rings (SSSR count). The Labute approximate surface area is 101 Å². The van der Waals surface area contributed by atoms with Gasteiger partial charge in [0.2, 0.25) is 0 Å². The van der Waals surface area contributed by atoms with Gasteiger partial charge in [0.25, 0.3) is 0 Å². The Morgan fingerprint density at radius 2 is 2.12 bits per heavy atom. The molecule has 0 spiro atoms. The Balaban J connectivity index is 2.94. The largest absolute Gasteiger partial charge is 0.478 e. The molecule has 0 aliphatic heterocycles. The highest BCUT2D eigenvalue weighted by molar-refractivity contribution is 5.94. The van der Waals surface area contributed by atoms with E-state index in [4.69, 9.17) is 5.11 Å². The zero-order chi connectivity index (χ0) is 13.0. The van der Waals surface area contributed by atoms with Gasteiger partial charge in [-0.3, -0.25) is 0 Å². The first-order valence-corrected chi connectivity index (χ1v) is 5.65. The maximum atomic E-state index is 11.1. The summed E-state index contributed by atoms with van der Waals surface area (Å²) in [5.74, 6) is -0.927. The summed E-state index contributed by atoms with van der Waals surface area (Å²) in [6.07, 6.45) is 0.235. The lowest BCUT2D eigenvalue weighted by Crippen LogP contribution is -2.23. The van der Waals surface area contributed by atoms with Crippen LogP contribution in [0.4, 0.5) is 5.69 Å². The molecule has 94 valence electrons. The topological polar surface area (TPSA) is 60.8 Å². The average Bonchev–Trinajstić information content (AvgIpc) is 2.25. The van der Waals surface area contributed by atoms with Crippen molar-refractivity contribution in [3.63, 3.8) is 0 Å². The molecule has 4 nitrogen and oxygen atoms in total. The molecule has 0 amide bonds. The number of carboxylic acid groups (broad SMARTS) is 1. The third-order valence-corrected chi connectivity index (χ3v) is 2.68. The minimum Gasteiger partial charge on any atom is -0.478 e. The number of aliphatic hydroxyl groups excluding tert-OH is 1. The molecular formula is C13H19NO3. The van der Waals surface area contributed by atoms with Crippen molar-refractivity contribution in [3.8, 4) is 0 Å². The summed E-state index contributed by atoms with van der Waals surface area (Å²) < 4.78 is 0. The Kier molecular flexibility index (Phi) is 4.52. The fourth-order valence-electron chi connectivity index (χ4n) is 1.64. The van der Waals surface area contributed by atoms with Crippen molar-refractivity contribution < 1.29 is 15.0 Å². The van der Waals surface area contributed by atoms with Crippen LogP contribution in [0.1, 0.15) is 29.3 Å². The van der Waals surface area contributed by atoms with Crippen molar-refractivity contribution in [2.75, 3.05) is 18.5 Å². The van der Waals surface area contributed by atoms with Gasteiger partial charge in [-0.25, -0.2) is 4.79 Å². The number of benzene rings is 1. The molecule has 1 unspecified atom stereocenters. The third-order valence-electron chi connectivity index (χ3n) is 2.68. The molecule has 2 N–H and O–H groups in total. The van der Waals surface area contributed by atoms with Gasteiger partial charge in [0.05, 0.1) is 17.4 Å². The van der Waals surface area contributed by atoms with Crippen molar-refractivity contribution >= 4 is 11.7 Å². The van der Waals surface area contributed by atoms with Gasteiger partial charge in [0.1, 0.15) is 0 Å². The number of anilines is 1. The summed E-state index contributed by atoms with van der Waals surface area (Å²) in [4.78, 5) is 13.0. The van der Waals surface area contributed by atoms with Crippen molar-refractivity contribution in [3.05, 3.63) is 29.3 Å². The molecular weight excluding hydrogens is 218 g/mol. The van der Waals surface area contributed by atoms with E-state index in [0.717, 1.165) is 5.56 Å². The monoisotopic (exact) mass is 237 g/mol. The van der Waals surface area contributed by atoms with Gasteiger partial charge in [0.15, 0.2) is 0 Å². The molecule has 17 heavy (non-hydrogen) atoms. The normalized spacial score (nSPS) is 12.2. The minimum atomic E-state index is -0.927. The van der Waals surface area contributed by atoms with Crippen LogP contribution in [0.3, 0.4) is 0 Å². The molecule has 0 radical (unpaired) electrons. The lowest BCUT2D eigenvalue weighted by molar-refractivity contribution is 0.0697. The first-order valence-electron chi connectivity index (χ1n) is 5.65. The second-order valence-corrected chi connectivity index (χ2v) is 4.39. The van der Waals surface area contributed by atoms with Crippen molar-refractivity contribution in [1.82, 2.24) is 0 Å². The first kappa shape index (κ1) is 13.5. The summed E-state index contributed by atoms with van der Waals surface area (Å²) >= 11 is 0. The van der Waals surface area contributed by atoms with Crippen LogP contribution < -0.4 is 4.90 Å². The predicted octanol–water partition coefficient (Wildman–Crippen LogP) is 1.90. The van der Waals surface area contributed by atoms with E-state index in [1.54, 1.807) is 19.1 Å². The highest BCUT2D eigenvalue weighted by Gasteiger charge is 2.13. The molecule has 0 bridgehead atoms.